The van der Waals surface area contributed by atoms with Crippen LogP contribution in [0, 0.1) is 0 Å². The number of epoxide rings is 1. The molecule has 0 aliphatic carbocycles. The molecule has 1 fully saturated rings. The SMILES string of the molecule is CCCCCC(=O)NC(Cc1ccncc1)C(=O)NC(CCCC)C(=O)NC(Cc1ccccc1)C(=O)C1(C)CO1. The summed E-state index contributed by atoms with van der Waals surface area (Å²) in [6, 6.07) is 10.6. The van der Waals surface area contributed by atoms with Crippen LogP contribution in [0.4, 0.5) is 0 Å². The van der Waals surface area contributed by atoms with Gasteiger partial charge in [-0.25, -0.2) is 0 Å². The number of pyridine rings is 1. The molecule has 0 bridgehead atoms. The van der Waals surface area contributed by atoms with E-state index in [1.807, 2.05) is 37.3 Å². The summed E-state index contributed by atoms with van der Waals surface area (Å²) >= 11 is 0. The lowest BCUT2D eigenvalue weighted by atomic mass is 9.94. The fraction of sp³-hybridized carbons (Fsp3) is 0.531. The molecule has 9 heteroatoms. The smallest absolute Gasteiger partial charge is 0.243 e. The molecule has 4 unspecified atom stereocenters. The predicted molar refractivity (Wildman–Crippen MR) is 157 cm³/mol. The standard InChI is InChI=1S/C32H44N4O5/c1-4-6-9-15-28(37)34-27(21-24-16-18-33-19-17-24)31(40)35-25(14-7-5-2)30(39)36-26(29(38)32(3)22-41-32)20-23-12-10-8-11-13-23/h8,10-13,16-19,25-27H,4-7,9,14-15,20-22H2,1-3H3,(H,34,37)(H,35,40)(H,36,39). The highest BCUT2D eigenvalue weighted by atomic mass is 16.6. The van der Waals surface area contributed by atoms with Crippen LogP contribution >= 0.6 is 0 Å². The Hall–Kier alpha value is -3.59. The van der Waals surface area contributed by atoms with Crippen LogP contribution in [0.3, 0.4) is 0 Å². The fourth-order valence-corrected chi connectivity index (χ4v) is 4.67. The molecule has 1 aliphatic heterocycles. The zero-order valence-electron chi connectivity index (χ0n) is 24.5. The molecule has 1 aromatic heterocycles. The van der Waals surface area contributed by atoms with Crippen molar-refractivity contribution < 1.29 is 23.9 Å². The molecule has 2 aromatic rings. The number of benzene rings is 1. The topological polar surface area (TPSA) is 130 Å². The zero-order valence-corrected chi connectivity index (χ0v) is 24.5. The van der Waals surface area contributed by atoms with Crippen molar-refractivity contribution in [2.75, 3.05) is 6.61 Å². The van der Waals surface area contributed by atoms with E-state index in [1.54, 1.807) is 31.5 Å². The summed E-state index contributed by atoms with van der Waals surface area (Å²) < 4.78 is 5.39. The molecule has 222 valence electrons. The van der Waals surface area contributed by atoms with Crippen LogP contribution in [-0.4, -0.2) is 58.8 Å². The number of aromatic nitrogens is 1. The molecular formula is C32H44N4O5. The number of hydrogen-bond acceptors (Lipinski definition) is 6. The second-order valence-corrected chi connectivity index (χ2v) is 11.0. The van der Waals surface area contributed by atoms with Crippen molar-refractivity contribution in [2.24, 2.45) is 0 Å². The summed E-state index contributed by atoms with van der Waals surface area (Å²) in [5.41, 5.74) is 0.842. The normalized spacial score (nSPS) is 18.0. The third kappa shape index (κ3) is 10.4. The van der Waals surface area contributed by atoms with Crippen LogP contribution in [-0.2, 0) is 36.8 Å². The van der Waals surface area contributed by atoms with Gasteiger partial charge in [0.2, 0.25) is 17.7 Å². The second kappa shape index (κ2) is 16.0. The van der Waals surface area contributed by atoms with E-state index >= 15 is 0 Å². The number of nitrogens with zero attached hydrogens (tertiary/aromatic N) is 1. The van der Waals surface area contributed by atoms with Gasteiger partial charge in [0.15, 0.2) is 5.78 Å². The Bertz CT molecular complexity index is 1140. The van der Waals surface area contributed by atoms with Crippen LogP contribution in [0.15, 0.2) is 54.9 Å². The van der Waals surface area contributed by atoms with Gasteiger partial charge in [-0.1, -0.05) is 69.9 Å². The zero-order chi connectivity index (χ0) is 29.7. The first-order valence-electron chi connectivity index (χ1n) is 14.8. The van der Waals surface area contributed by atoms with E-state index in [0.29, 0.717) is 32.3 Å². The predicted octanol–water partition coefficient (Wildman–Crippen LogP) is 3.45. The van der Waals surface area contributed by atoms with E-state index in [1.165, 1.54) is 0 Å². The summed E-state index contributed by atoms with van der Waals surface area (Å²) in [6.45, 7) is 6.11. The number of hydrogen-bond donors (Lipinski definition) is 3. The number of nitrogens with one attached hydrogen (secondary N) is 3. The summed E-state index contributed by atoms with van der Waals surface area (Å²) in [5.74, 6) is -1.26. The number of carbonyl (C=O) groups is 4. The Morgan fingerprint density at radius 2 is 1.39 bits per heavy atom. The van der Waals surface area contributed by atoms with Crippen molar-refractivity contribution in [3.05, 3.63) is 66.0 Å². The van der Waals surface area contributed by atoms with Crippen LogP contribution in [0.5, 0.6) is 0 Å². The lowest BCUT2D eigenvalue weighted by Crippen LogP contribution is -2.57. The number of amides is 3. The number of rotatable bonds is 18. The Kier molecular flexibility index (Phi) is 12.5. The van der Waals surface area contributed by atoms with Gasteiger partial charge in [-0.05, 0) is 49.4 Å². The molecule has 9 nitrogen and oxygen atoms in total. The number of ketones is 1. The summed E-state index contributed by atoms with van der Waals surface area (Å²) in [6.07, 6.45) is 8.78. The van der Waals surface area contributed by atoms with Gasteiger partial charge in [-0.2, -0.15) is 0 Å². The highest BCUT2D eigenvalue weighted by Crippen LogP contribution is 2.29. The minimum absolute atomic E-state index is 0.190. The van der Waals surface area contributed by atoms with Crippen molar-refractivity contribution in [2.45, 2.75) is 102 Å². The minimum atomic E-state index is -0.910. The Morgan fingerprint density at radius 3 is 2.02 bits per heavy atom. The average Bonchev–Trinajstić information content (AvgIpc) is 3.73. The average molecular weight is 565 g/mol. The summed E-state index contributed by atoms with van der Waals surface area (Å²) in [7, 11) is 0. The molecule has 3 rings (SSSR count). The van der Waals surface area contributed by atoms with Gasteiger partial charge in [-0.15, -0.1) is 0 Å². The summed E-state index contributed by atoms with van der Waals surface area (Å²) in [4.78, 5) is 57.2. The van der Waals surface area contributed by atoms with Crippen molar-refractivity contribution in [1.82, 2.24) is 20.9 Å². The quantitative estimate of drug-likeness (QED) is 0.188. The number of unbranched alkanes of at least 4 members (excludes halogenated alkanes) is 3. The molecule has 0 spiro atoms. The first-order valence-corrected chi connectivity index (χ1v) is 14.8. The first-order chi connectivity index (χ1) is 19.8. The Balaban J connectivity index is 1.75. The molecule has 1 aliphatic rings. The second-order valence-electron chi connectivity index (χ2n) is 11.0. The molecule has 1 aromatic carbocycles. The van der Waals surface area contributed by atoms with Gasteiger partial charge in [0, 0.05) is 25.2 Å². The van der Waals surface area contributed by atoms with E-state index in [0.717, 1.165) is 36.8 Å². The lowest BCUT2D eigenvalue weighted by Gasteiger charge is -2.26. The highest BCUT2D eigenvalue weighted by Gasteiger charge is 2.50. The van der Waals surface area contributed by atoms with E-state index in [2.05, 4.69) is 27.9 Å². The first kappa shape index (κ1) is 31.9. The highest BCUT2D eigenvalue weighted by molar-refractivity contribution is 5.98. The third-order valence-corrected chi connectivity index (χ3v) is 7.34. The van der Waals surface area contributed by atoms with Crippen LogP contribution in [0.25, 0.3) is 0 Å². The van der Waals surface area contributed by atoms with Crippen LogP contribution < -0.4 is 16.0 Å². The van der Waals surface area contributed by atoms with Gasteiger partial charge in [0.25, 0.3) is 0 Å². The maximum Gasteiger partial charge on any atom is 0.243 e. The molecule has 3 amide bonds. The molecule has 0 radical (unpaired) electrons. The van der Waals surface area contributed by atoms with Crippen molar-refractivity contribution in [3.8, 4) is 0 Å². The fourth-order valence-electron chi connectivity index (χ4n) is 4.67. The maximum atomic E-state index is 13.6. The maximum absolute atomic E-state index is 13.6. The third-order valence-electron chi connectivity index (χ3n) is 7.34. The van der Waals surface area contributed by atoms with Gasteiger partial charge in [-0.3, -0.25) is 24.2 Å². The number of Topliss-reactive ketones (excluding diaryl/α,β-unsaturated/α-hetero) is 1. The minimum Gasteiger partial charge on any atom is -0.361 e. The van der Waals surface area contributed by atoms with E-state index in [4.69, 9.17) is 4.74 Å². The lowest BCUT2D eigenvalue weighted by molar-refractivity contribution is -0.134. The van der Waals surface area contributed by atoms with Gasteiger partial charge in [0.05, 0.1) is 12.6 Å². The summed E-state index contributed by atoms with van der Waals surface area (Å²) in [5, 5.41) is 8.67. The molecule has 41 heavy (non-hydrogen) atoms. The van der Waals surface area contributed by atoms with Crippen molar-refractivity contribution in [3.63, 3.8) is 0 Å². The van der Waals surface area contributed by atoms with Gasteiger partial charge < -0.3 is 20.7 Å². The van der Waals surface area contributed by atoms with Crippen molar-refractivity contribution in [1.29, 1.82) is 0 Å². The Morgan fingerprint density at radius 1 is 0.805 bits per heavy atom. The molecule has 1 saturated heterocycles. The monoisotopic (exact) mass is 564 g/mol. The molecule has 2 heterocycles. The van der Waals surface area contributed by atoms with E-state index in [-0.39, 0.29) is 18.1 Å². The van der Waals surface area contributed by atoms with Crippen LogP contribution in [0.1, 0.15) is 76.8 Å². The molecule has 4 atom stereocenters. The number of carbonyl (C=O) groups excluding carboxylic acids is 4. The molecular weight excluding hydrogens is 520 g/mol. The Labute approximate surface area is 243 Å². The molecule has 3 N–H and O–H groups in total. The van der Waals surface area contributed by atoms with Crippen molar-refractivity contribution >= 4 is 23.5 Å². The van der Waals surface area contributed by atoms with E-state index < -0.39 is 35.5 Å². The van der Waals surface area contributed by atoms with E-state index in [9.17, 15) is 19.2 Å². The van der Waals surface area contributed by atoms with Gasteiger partial charge in [0.1, 0.15) is 17.7 Å². The number of ether oxygens (including phenoxy) is 1. The van der Waals surface area contributed by atoms with Gasteiger partial charge >= 0.3 is 0 Å². The molecule has 0 saturated carbocycles. The largest absolute Gasteiger partial charge is 0.361 e. The van der Waals surface area contributed by atoms with Crippen LogP contribution in [0.2, 0.25) is 0 Å².